The molecular formula is C25H77O6S6+. The Balaban J connectivity index is -0.0000000106. The summed E-state index contributed by atoms with van der Waals surface area (Å²) in [5.74, 6) is 0.664. The number of thiol groups is 6. The normalized spacial score (nSPS) is 6.46. The molecule has 3 N–H and O–H groups in total. The van der Waals surface area contributed by atoms with Gasteiger partial charge in [0.05, 0.1) is 19.8 Å². The molecule has 0 aliphatic carbocycles. The Morgan fingerprint density at radius 3 is 0.919 bits per heavy atom. The minimum Gasteiger partial charge on any atom is -0.333 e. The zero-order valence-corrected chi connectivity index (χ0v) is 24.7. The first-order valence-corrected chi connectivity index (χ1v) is 11.3. The molecule has 0 rings (SSSR count). The van der Waals surface area contributed by atoms with E-state index in [1.165, 1.54) is 12.8 Å². The summed E-state index contributed by atoms with van der Waals surface area (Å²) in [5.41, 5.74) is 0. The lowest BCUT2D eigenvalue weighted by Crippen LogP contribution is -1.99. The van der Waals surface area contributed by atoms with Crippen LogP contribution in [0.3, 0.4) is 0 Å². The summed E-state index contributed by atoms with van der Waals surface area (Å²) in [5, 5.41) is 0. The fourth-order valence-electron chi connectivity index (χ4n) is 0.886. The Bertz CT molecular complexity index is 188. The fourth-order valence-corrected chi connectivity index (χ4v) is 1.51. The molecule has 37 heavy (non-hydrogen) atoms. The third kappa shape index (κ3) is 363. The molecule has 0 aromatic heterocycles. The Morgan fingerprint density at radius 1 is 0.622 bits per heavy atom. The monoisotopic (exact) mass is 665 g/mol. The molecule has 0 radical (unpaired) electrons. The van der Waals surface area contributed by atoms with Gasteiger partial charge in [0.25, 0.3) is 0 Å². The summed E-state index contributed by atoms with van der Waals surface area (Å²) in [6, 6.07) is 0. The second-order valence-corrected chi connectivity index (χ2v) is 5.45. The van der Waals surface area contributed by atoms with E-state index in [-0.39, 0.29) is 53.4 Å². The van der Waals surface area contributed by atoms with E-state index in [0.29, 0.717) is 5.92 Å². The SMILES string of the molecule is C.C.C.C.C.C.C.C=CC.C=CC.CCCC(C)COS.CCCOS.CCCOS.OS.OS.OS.[H+]. The molecule has 0 aromatic rings. The first kappa shape index (κ1) is 98.1. The van der Waals surface area contributed by atoms with Crippen molar-refractivity contribution >= 4 is 77.5 Å². The van der Waals surface area contributed by atoms with Crippen LogP contribution in [0.5, 0.6) is 0 Å². The minimum absolute atomic E-state index is 0. The second-order valence-electron chi connectivity index (χ2n) is 4.67. The highest BCUT2D eigenvalue weighted by Crippen LogP contribution is 2.05. The van der Waals surface area contributed by atoms with Gasteiger partial charge in [0.15, 0.2) is 0 Å². The van der Waals surface area contributed by atoms with Gasteiger partial charge < -0.3 is 26.2 Å². The van der Waals surface area contributed by atoms with Crippen LogP contribution in [0, 0.1) is 5.92 Å². The summed E-state index contributed by atoms with van der Waals surface area (Å²) in [6.07, 6.45) is 8.06. The Labute approximate surface area is 274 Å². The highest BCUT2D eigenvalue weighted by atomic mass is 32.1. The molecular weight excluding hydrogens is 589 g/mol. The van der Waals surface area contributed by atoms with Crippen molar-refractivity contribution in [1.29, 1.82) is 0 Å². The van der Waals surface area contributed by atoms with Gasteiger partial charge in [-0.3, -0.25) is 0 Å². The van der Waals surface area contributed by atoms with Crippen LogP contribution in [-0.4, -0.2) is 33.5 Å². The van der Waals surface area contributed by atoms with Gasteiger partial charge in [-0.25, -0.2) is 0 Å². The highest BCUT2D eigenvalue weighted by Gasteiger charge is 1.97. The van der Waals surface area contributed by atoms with Crippen molar-refractivity contribution in [3.8, 4) is 0 Å². The fraction of sp³-hybridized carbons (Fsp3) is 0.840. The summed E-state index contributed by atoms with van der Waals surface area (Å²) in [6.45, 7) is 21.2. The van der Waals surface area contributed by atoms with E-state index in [9.17, 15) is 0 Å². The predicted octanol–water partition coefficient (Wildman–Crippen LogP) is 12.9. The number of hydrogen-bond acceptors (Lipinski definition) is 12. The maximum absolute atomic E-state index is 6.69. The maximum atomic E-state index is 6.69. The molecule has 12 heteroatoms. The van der Waals surface area contributed by atoms with Crippen LogP contribution in [0.1, 0.15) is 121 Å². The van der Waals surface area contributed by atoms with Crippen molar-refractivity contribution in [2.24, 2.45) is 5.92 Å². The van der Waals surface area contributed by atoms with Crippen LogP contribution in [0.15, 0.2) is 25.3 Å². The predicted molar refractivity (Wildman–Crippen MR) is 204 cm³/mol. The van der Waals surface area contributed by atoms with E-state index in [0.717, 1.165) is 32.7 Å². The molecule has 248 valence electrons. The summed E-state index contributed by atoms with van der Waals surface area (Å²) >= 11 is 18.2. The lowest BCUT2D eigenvalue weighted by Gasteiger charge is -2.05. The average Bonchev–Trinajstić information content (AvgIpc) is 2.76. The molecule has 0 spiro atoms. The van der Waals surface area contributed by atoms with Crippen LogP contribution in [0.2, 0.25) is 0 Å². The molecule has 0 saturated carbocycles. The molecule has 0 saturated heterocycles. The third-order valence-corrected chi connectivity index (χ3v) is 2.25. The van der Waals surface area contributed by atoms with Gasteiger partial charge >= 0.3 is 1.43 Å². The van der Waals surface area contributed by atoms with Crippen LogP contribution < -0.4 is 0 Å². The summed E-state index contributed by atoms with van der Waals surface area (Å²) in [7, 11) is 0. The molecule has 0 heterocycles. The first-order chi connectivity index (χ1) is 14.5. The Morgan fingerprint density at radius 2 is 0.838 bits per heavy atom. The quantitative estimate of drug-likeness (QED) is 0.0728. The van der Waals surface area contributed by atoms with E-state index in [4.69, 9.17) is 13.7 Å². The Kier molecular flexibility index (Phi) is 490. The van der Waals surface area contributed by atoms with Crippen molar-refractivity contribution in [1.82, 2.24) is 0 Å². The molecule has 6 nitrogen and oxygen atoms in total. The number of allylic oxidation sites excluding steroid dienone is 2. The van der Waals surface area contributed by atoms with Crippen molar-refractivity contribution in [2.75, 3.05) is 19.8 Å². The van der Waals surface area contributed by atoms with E-state index >= 15 is 0 Å². The molecule has 0 fully saturated rings. The standard InChI is InChI=1S/C6H14OS.2C3H8OS.2C3H6.7CH4.3H2OS/c1-3-4-6(2)5-7-8;2*1-2-3-4-5;2*1-3-2;;;;;;;;3*1-2/h6,8H,3-5H2,1-2H3;2*5H,2-3H2,1H3;2*3H,1H2,2H3;7*1H4;3*1-2H/p+1. The van der Waals surface area contributed by atoms with Gasteiger partial charge in [-0.2, -0.15) is 0 Å². The van der Waals surface area contributed by atoms with Crippen LogP contribution in [0.4, 0.5) is 0 Å². The van der Waals surface area contributed by atoms with Gasteiger partial charge in [0.1, 0.15) is 0 Å². The lowest BCUT2D eigenvalue weighted by atomic mass is 10.1. The van der Waals surface area contributed by atoms with Crippen molar-refractivity contribution in [2.45, 2.75) is 119 Å². The van der Waals surface area contributed by atoms with Crippen LogP contribution in [0.25, 0.3) is 0 Å². The molecule has 0 amide bonds. The van der Waals surface area contributed by atoms with Gasteiger partial charge in [-0.05, 0) is 116 Å². The summed E-state index contributed by atoms with van der Waals surface area (Å²) < 4.78 is 33.5. The maximum Gasteiger partial charge on any atom is 1.00 e. The second kappa shape index (κ2) is 185. The minimum atomic E-state index is 0. The number of rotatable bonds is 8. The van der Waals surface area contributed by atoms with Crippen LogP contribution in [-0.2, 0) is 12.5 Å². The van der Waals surface area contributed by atoms with Crippen molar-refractivity contribution < 1.29 is 27.6 Å². The number of hydrogen-bond donors (Lipinski definition) is 9. The van der Waals surface area contributed by atoms with E-state index in [1.54, 1.807) is 12.2 Å². The zero-order chi connectivity index (χ0) is 26.1. The van der Waals surface area contributed by atoms with Crippen LogP contribution >= 0.6 is 77.5 Å². The van der Waals surface area contributed by atoms with Gasteiger partial charge in [0.2, 0.25) is 0 Å². The van der Waals surface area contributed by atoms with Gasteiger partial charge in [-0.1, -0.05) is 98.3 Å². The Hall–Kier alpha value is 1.34. The van der Waals surface area contributed by atoms with E-state index < -0.39 is 0 Å². The molecule has 0 aromatic carbocycles. The first-order valence-electron chi connectivity index (χ1n) is 9.00. The molecule has 1 unspecified atom stereocenters. The molecule has 0 aliphatic heterocycles. The van der Waals surface area contributed by atoms with Gasteiger partial charge in [0, 0.05) is 0 Å². The third-order valence-electron chi connectivity index (χ3n) is 1.73. The average molecular weight is 666 g/mol. The van der Waals surface area contributed by atoms with E-state index in [1.807, 2.05) is 27.7 Å². The highest BCUT2D eigenvalue weighted by molar-refractivity contribution is 7.75. The summed E-state index contributed by atoms with van der Waals surface area (Å²) in [4.78, 5) is 0. The molecule has 0 bridgehead atoms. The molecule has 0 aliphatic rings. The van der Waals surface area contributed by atoms with Crippen molar-refractivity contribution in [3.05, 3.63) is 25.3 Å². The zero-order valence-electron chi connectivity index (χ0n) is 20.3. The van der Waals surface area contributed by atoms with E-state index in [2.05, 4.69) is 117 Å². The van der Waals surface area contributed by atoms with Gasteiger partial charge in [-0.15, -0.1) is 13.2 Å². The van der Waals surface area contributed by atoms with Crippen molar-refractivity contribution in [3.63, 3.8) is 0 Å². The topological polar surface area (TPSA) is 88.4 Å². The largest absolute Gasteiger partial charge is 1.00 e. The smallest absolute Gasteiger partial charge is 0.333 e. The lowest BCUT2D eigenvalue weighted by molar-refractivity contribution is 0.295. The molecule has 1 atom stereocenters.